The number of benzene rings is 1. The van der Waals surface area contributed by atoms with Crippen molar-refractivity contribution in [1.29, 1.82) is 0 Å². The van der Waals surface area contributed by atoms with Gasteiger partial charge in [0.2, 0.25) is 5.91 Å². The van der Waals surface area contributed by atoms with Crippen molar-refractivity contribution in [3.63, 3.8) is 0 Å². The van der Waals surface area contributed by atoms with Crippen LogP contribution in [0.1, 0.15) is 19.3 Å². The highest BCUT2D eigenvalue weighted by Gasteiger charge is 2.04. The molecule has 1 amide bonds. The molecule has 0 saturated carbocycles. The zero-order valence-corrected chi connectivity index (χ0v) is 15.6. The smallest absolute Gasteiger partial charge is 0.303 e. The Morgan fingerprint density at radius 3 is 2.04 bits per heavy atom. The third kappa shape index (κ3) is 14.7. The third-order valence-corrected chi connectivity index (χ3v) is 3.34. The number of rotatable bonds is 17. The molecule has 8 nitrogen and oxygen atoms in total. The lowest BCUT2D eigenvalue weighted by molar-refractivity contribution is -0.138. The standard InChI is InChI=1S/C19H29NO7/c21-18(7-8-19(22)23)20-9-4-10-24-11-12-25-13-14-26-15-16-27-17-5-2-1-3-6-17/h1-3,5-6H,4,7-16H2,(H,20,21)(H,22,23). The number of carboxylic acids is 1. The van der Waals surface area contributed by atoms with Gasteiger partial charge in [0.25, 0.3) is 0 Å². The van der Waals surface area contributed by atoms with Gasteiger partial charge in [-0.2, -0.15) is 0 Å². The van der Waals surface area contributed by atoms with Crippen molar-refractivity contribution in [1.82, 2.24) is 5.32 Å². The monoisotopic (exact) mass is 383 g/mol. The minimum absolute atomic E-state index is 0.00445. The molecule has 0 unspecified atom stereocenters. The Morgan fingerprint density at radius 2 is 1.41 bits per heavy atom. The minimum atomic E-state index is -0.973. The highest BCUT2D eigenvalue weighted by molar-refractivity contribution is 5.80. The Hall–Kier alpha value is -2.16. The first-order valence-electron chi connectivity index (χ1n) is 9.08. The van der Waals surface area contributed by atoms with Crippen molar-refractivity contribution >= 4 is 11.9 Å². The molecule has 0 aromatic heterocycles. The quantitative estimate of drug-likeness (QED) is 0.393. The molecule has 1 aromatic carbocycles. The van der Waals surface area contributed by atoms with E-state index in [-0.39, 0.29) is 18.7 Å². The summed E-state index contributed by atoms with van der Waals surface area (Å²) in [5.74, 6) is -0.399. The normalized spacial score (nSPS) is 10.5. The second kappa shape index (κ2) is 16.0. The van der Waals surface area contributed by atoms with Crippen LogP contribution in [0.25, 0.3) is 0 Å². The number of aliphatic carboxylic acids is 1. The van der Waals surface area contributed by atoms with Crippen molar-refractivity contribution < 1.29 is 33.6 Å². The van der Waals surface area contributed by atoms with Gasteiger partial charge in [-0.1, -0.05) is 18.2 Å². The number of nitrogens with one attached hydrogen (secondary N) is 1. The number of carbonyl (C=O) groups excluding carboxylic acids is 1. The van der Waals surface area contributed by atoms with E-state index < -0.39 is 5.97 Å². The molecule has 1 aromatic rings. The number of carboxylic acid groups (broad SMARTS) is 1. The van der Waals surface area contributed by atoms with Gasteiger partial charge >= 0.3 is 5.97 Å². The molecule has 0 spiro atoms. The summed E-state index contributed by atoms with van der Waals surface area (Å²) in [5.41, 5.74) is 0. The van der Waals surface area contributed by atoms with E-state index in [9.17, 15) is 9.59 Å². The van der Waals surface area contributed by atoms with Crippen LogP contribution in [-0.2, 0) is 23.8 Å². The topological polar surface area (TPSA) is 103 Å². The van der Waals surface area contributed by atoms with E-state index in [2.05, 4.69) is 5.32 Å². The van der Waals surface area contributed by atoms with Crippen molar-refractivity contribution in [3.8, 4) is 5.75 Å². The highest BCUT2D eigenvalue weighted by atomic mass is 16.6. The first-order chi connectivity index (χ1) is 13.2. The summed E-state index contributed by atoms with van der Waals surface area (Å²) in [7, 11) is 0. The number of ether oxygens (including phenoxy) is 4. The molecule has 0 aliphatic rings. The molecule has 0 saturated heterocycles. The predicted molar refractivity (Wildman–Crippen MR) is 98.9 cm³/mol. The van der Waals surface area contributed by atoms with E-state index in [1.54, 1.807) is 0 Å². The predicted octanol–water partition coefficient (Wildman–Crippen LogP) is 1.49. The second-order valence-corrected chi connectivity index (χ2v) is 5.60. The zero-order valence-electron chi connectivity index (χ0n) is 15.6. The summed E-state index contributed by atoms with van der Waals surface area (Å²) in [6.45, 7) is 3.94. The van der Waals surface area contributed by atoms with Crippen molar-refractivity contribution in [2.75, 3.05) is 52.8 Å². The van der Waals surface area contributed by atoms with Crippen LogP contribution in [0.4, 0.5) is 0 Å². The van der Waals surface area contributed by atoms with Crippen LogP contribution in [0.3, 0.4) is 0 Å². The van der Waals surface area contributed by atoms with E-state index in [1.807, 2.05) is 30.3 Å². The van der Waals surface area contributed by atoms with Crippen LogP contribution in [0.15, 0.2) is 30.3 Å². The van der Waals surface area contributed by atoms with Crippen LogP contribution in [-0.4, -0.2) is 69.8 Å². The highest BCUT2D eigenvalue weighted by Crippen LogP contribution is 2.07. The average Bonchev–Trinajstić information content (AvgIpc) is 2.67. The SMILES string of the molecule is O=C(O)CCC(=O)NCCCOCCOCCOCCOc1ccccc1. The van der Waals surface area contributed by atoms with Crippen LogP contribution in [0.5, 0.6) is 5.75 Å². The third-order valence-electron chi connectivity index (χ3n) is 3.34. The summed E-state index contributed by atoms with van der Waals surface area (Å²) in [5, 5.41) is 11.1. The van der Waals surface area contributed by atoms with Gasteiger partial charge in [-0.05, 0) is 18.6 Å². The molecule has 0 atom stereocenters. The Bertz CT molecular complexity index is 510. The molecule has 1 rings (SSSR count). The summed E-state index contributed by atoms with van der Waals surface area (Å²) in [6, 6.07) is 9.58. The van der Waals surface area contributed by atoms with Gasteiger partial charge in [0.15, 0.2) is 0 Å². The Labute approximate surface area is 159 Å². The maximum Gasteiger partial charge on any atom is 0.303 e. The summed E-state index contributed by atoms with van der Waals surface area (Å²) >= 11 is 0. The van der Waals surface area contributed by atoms with E-state index in [0.717, 1.165) is 5.75 Å². The number of para-hydroxylation sites is 1. The lowest BCUT2D eigenvalue weighted by atomic mass is 10.3. The van der Waals surface area contributed by atoms with Gasteiger partial charge in [0.05, 0.1) is 39.5 Å². The molecule has 0 bridgehead atoms. The molecule has 0 radical (unpaired) electrons. The average molecular weight is 383 g/mol. The lowest BCUT2D eigenvalue weighted by Gasteiger charge is -2.08. The number of hydrogen-bond donors (Lipinski definition) is 2. The van der Waals surface area contributed by atoms with Crippen LogP contribution in [0, 0.1) is 0 Å². The molecular formula is C19H29NO7. The molecule has 152 valence electrons. The molecule has 0 aliphatic heterocycles. The Balaban J connectivity index is 1.75. The van der Waals surface area contributed by atoms with Gasteiger partial charge in [0, 0.05) is 19.6 Å². The first-order valence-corrected chi connectivity index (χ1v) is 9.08. The fourth-order valence-electron chi connectivity index (χ4n) is 1.99. The minimum Gasteiger partial charge on any atom is -0.491 e. The van der Waals surface area contributed by atoms with Crippen molar-refractivity contribution in [3.05, 3.63) is 30.3 Å². The van der Waals surface area contributed by atoms with Gasteiger partial charge in [-0.15, -0.1) is 0 Å². The largest absolute Gasteiger partial charge is 0.491 e. The Kier molecular flexibility index (Phi) is 13.6. The lowest BCUT2D eigenvalue weighted by Crippen LogP contribution is -2.25. The fraction of sp³-hybridized carbons (Fsp3) is 0.579. The zero-order chi connectivity index (χ0) is 19.6. The fourth-order valence-corrected chi connectivity index (χ4v) is 1.99. The van der Waals surface area contributed by atoms with E-state index in [4.69, 9.17) is 24.1 Å². The number of hydrogen-bond acceptors (Lipinski definition) is 6. The molecule has 0 heterocycles. The van der Waals surface area contributed by atoms with Gasteiger partial charge < -0.3 is 29.4 Å². The van der Waals surface area contributed by atoms with E-state index in [1.165, 1.54) is 0 Å². The molecular weight excluding hydrogens is 354 g/mol. The van der Waals surface area contributed by atoms with E-state index >= 15 is 0 Å². The maximum absolute atomic E-state index is 11.3. The molecule has 0 fully saturated rings. The summed E-state index contributed by atoms with van der Waals surface area (Å²) in [4.78, 5) is 21.6. The molecule has 0 aliphatic carbocycles. The van der Waals surface area contributed by atoms with Gasteiger partial charge in [0.1, 0.15) is 12.4 Å². The molecule has 8 heteroatoms. The van der Waals surface area contributed by atoms with Gasteiger partial charge in [-0.3, -0.25) is 9.59 Å². The first kappa shape index (κ1) is 22.9. The van der Waals surface area contributed by atoms with Gasteiger partial charge in [-0.25, -0.2) is 0 Å². The molecule has 2 N–H and O–H groups in total. The Morgan fingerprint density at radius 1 is 0.815 bits per heavy atom. The number of carbonyl (C=O) groups is 2. The molecule has 27 heavy (non-hydrogen) atoms. The van der Waals surface area contributed by atoms with E-state index in [0.29, 0.717) is 59.2 Å². The summed E-state index contributed by atoms with van der Waals surface area (Å²) < 4.78 is 21.7. The van der Waals surface area contributed by atoms with Crippen molar-refractivity contribution in [2.45, 2.75) is 19.3 Å². The maximum atomic E-state index is 11.3. The number of amides is 1. The second-order valence-electron chi connectivity index (χ2n) is 5.60. The summed E-state index contributed by atoms with van der Waals surface area (Å²) in [6.07, 6.45) is 0.525. The van der Waals surface area contributed by atoms with Crippen molar-refractivity contribution in [2.24, 2.45) is 0 Å². The van der Waals surface area contributed by atoms with Crippen LogP contribution >= 0.6 is 0 Å². The van der Waals surface area contributed by atoms with Crippen LogP contribution in [0.2, 0.25) is 0 Å². The van der Waals surface area contributed by atoms with Crippen LogP contribution < -0.4 is 10.1 Å².